The van der Waals surface area contributed by atoms with Crippen LogP contribution in [-0.4, -0.2) is 17.0 Å². The predicted octanol–water partition coefficient (Wildman–Crippen LogP) is 4.01. The first-order valence-electron chi connectivity index (χ1n) is 6.60. The van der Waals surface area contributed by atoms with Gasteiger partial charge in [-0.25, -0.2) is 9.97 Å². The van der Waals surface area contributed by atoms with Gasteiger partial charge >= 0.3 is 0 Å². The second kappa shape index (κ2) is 5.54. The van der Waals surface area contributed by atoms with E-state index in [0.717, 1.165) is 27.7 Å². The number of hydrogen-bond acceptors (Lipinski definition) is 5. The van der Waals surface area contributed by atoms with Crippen molar-refractivity contribution in [3.05, 3.63) is 48.2 Å². The number of hydrogen-bond donors (Lipinski definition) is 1. The molecule has 1 N–H and O–H groups in total. The molecule has 3 aromatic rings. The first-order valence-corrected chi connectivity index (χ1v) is 6.97. The molecule has 0 bridgehead atoms. The van der Waals surface area contributed by atoms with Gasteiger partial charge in [0.2, 0.25) is 5.95 Å². The van der Waals surface area contributed by atoms with Crippen LogP contribution in [0.3, 0.4) is 0 Å². The lowest BCUT2D eigenvalue weighted by atomic mass is 9.99. The Morgan fingerprint density at radius 3 is 2.76 bits per heavy atom. The molecule has 21 heavy (non-hydrogen) atoms. The van der Waals surface area contributed by atoms with Gasteiger partial charge in [-0.15, -0.1) is 0 Å². The lowest BCUT2D eigenvalue weighted by molar-refractivity contribution is 1.19. The van der Waals surface area contributed by atoms with Gasteiger partial charge < -0.3 is 5.32 Å². The summed E-state index contributed by atoms with van der Waals surface area (Å²) in [6, 6.07) is 12.1. The van der Waals surface area contributed by atoms with Gasteiger partial charge in [-0.1, -0.05) is 12.1 Å². The van der Waals surface area contributed by atoms with Gasteiger partial charge in [0.05, 0.1) is 11.2 Å². The number of fused-ring (bicyclic) bond motifs is 1. The van der Waals surface area contributed by atoms with Gasteiger partial charge in [-0.2, -0.15) is 4.36 Å². The van der Waals surface area contributed by atoms with E-state index in [1.807, 2.05) is 37.5 Å². The molecule has 0 saturated heterocycles. The smallest absolute Gasteiger partial charge is 0.222 e. The van der Waals surface area contributed by atoms with E-state index in [1.165, 1.54) is 5.56 Å². The summed E-state index contributed by atoms with van der Waals surface area (Å²) in [7, 11) is 1.81. The lowest BCUT2D eigenvalue weighted by Gasteiger charge is -2.08. The topological polar surface area (TPSA) is 50.2 Å². The molecule has 0 saturated carbocycles. The van der Waals surface area contributed by atoms with E-state index in [-0.39, 0.29) is 0 Å². The maximum Gasteiger partial charge on any atom is 0.222 e. The van der Waals surface area contributed by atoms with Crippen LogP contribution in [0.4, 0.5) is 11.6 Å². The van der Waals surface area contributed by atoms with Crippen molar-refractivity contribution in [3.63, 3.8) is 0 Å². The number of nitrogens with zero attached hydrogens (tertiary/aromatic N) is 3. The predicted molar refractivity (Wildman–Crippen MR) is 88.7 cm³/mol. The molecule has 1 heterocycles. The molecular formula is C16H14N4S. The summed E-state index contributed by atoms with van der Waals surface area (Å²) >= 11 is 4.77. The largest absolute Gasteiger partial charge is 0.357 e. The van der Waals surface area contributed by atoms with Crippen LogP contribution in [0.5, 0.6) is 0 Å². The van der Waals surface area contributed by atoms with Gasteiger partial charge in [0.25, 0.3) is 0 Å². The summed E-state index contributed by atoms with van der Waals surface area (Å²) in [6.45, 7) is 2.08. The molecule has 0 aliphatic carbocycles. The van der Waals surface area contributed by atoms with E-state index in [2.05, 4.69) is 38.7 Å². The molecule has 0 spiro atoms. The Hall–Kier alpha value is -2.40. The number of aryl methyl sites for hydroxylation is 1. The molecular weight excluding hydrogens is 280 g/mol. The van der Waals surface area contributed by atoms with Crippen molar-refractivity contribution < 1.29 is 0 Å². The van der Waals surface area contributed by atoms with Crippen LogP contribution in [0.15, 0.2) is 47.0 Å². The van der Waals surface area contributed by atoms with Crippen molar-refractivity contribution in [1.29, 1.82) is 0 Å². The van der Waals surface area contributed by atoms with Crippen LogP contribution in [0.2, 0.25) is 0 Å². The van der Waals surface area contributed by atoms with E-state index < -0.39 is 0 Å². The summed E-state index contributed by atoms with van der Waals surface area (Å²) in [4.78, 5) is 8.69. The van der Waals surface area contributed by atoms with E-state index >= 15 is 0 Å². The fourth-order valence-corrected chi connectivity index (χ4v) is 2.41. The molecule has 5 heteroatoms. The second-order valence-electron chi connectivity index (χ2n) is 4.81. The van der Waals surface area contributed by atoms with Crippen molar-refractivity contribution in [3.8, 4) is 11.1 Å². The van der Waals surface area contributed by atoms with Crippen molar-refractivity contribution in [1.82, 2.24) is 9.97 Å². The summed E-state index contributed by atoms with van der Waals surface area (Å²) in [5, 5.41) is 3.95. The first-order chi connectivity index (χ1) is 10.2. The van der Waals surface area contributed by atoms with E-state index in [0.29, 0.717) is 5.95 Å². The third kappa shape index (κ3) is 2.60. The molecule has 0 amide bonds. The monoisotopic (exact) mass is 294 g/mol. The molecule has 104 valence electrons. The second-order valence-corrected chi connectivity index (χ2v) is 4.99. The minimum Gasteiger partial charge on any atom is -0.357 e. The van der Waals surface area contributed by atoms with E-state index in [4.69, 9.17) is 12.4 Å². The molecule has 0 atom stereocenters. The molecule has 1 aromatic heterocycles. The molecule has 2 aromatic carbocycles. The highest BCUT2D eigenvalue weighted by molar-refractivity contribution is 7.47. The fraction of sp³-hybridized carbons (Fsp3) is 0.125. The number of anilines is 1. The standard InChI is InChI=1S/C16H14N4S/c1-10-3-5-13(20-21)8-14(10)11-4-6-15-12(7-11)9-18-16(17-2)19-15/h3-9H,1-2H3,(H,17,18,19). The van der Waals surface area contributed by atoms with Gasteiger partial charge in [0, 0.05) is 31.1 Å². The zero-order valence-electron chi connectivity index (χ0n) is 11.8. The highest BCUT2D eigenvalue weighted by Crippen LogP contribution is 2.29. The minimum atomic E-state index is 0.623. The van der Waals surface area contributed by atoms with Gasteiger partial charge in [0.1, 0.15) is 0 Å². The Labute approximate surface area is 128 Å². The average molecular weight is 294 g/mol. The maximum atomic E-state index is 4.77. The van der Waals surface area contributed by atoms with Crippen LogP contribution < -0.4 is 5.32 Å². The molecule has 4 nitrogen and oxygen atoms in total. The molecule has 0 unspecified atom stereocenters. The maximum absolute atomic E-state index is 4.77. The molecule has 0 fully saturated rings. The van der Waals surface area contributed by atoms with Gasteiger partial charge in [-0.05, 0) is 47.9 Å². The number of nitrogens with one attached hydrogen (secondary N) is 1. The summed E-state index contributed by atoms with van der Waals surface area (Å²) in [6.07, 6.45) is 1.83. The average Bonchev–Trinajstić information content (AvgIpc) is 2.54. The van der Waals surface area contributed by atoms with Crippen LogP contribution in [0, 0.1) is 6.92 Å². The van der Waals surface area contributed by atoms with E-state index in [9.17, 15) is 0 Å². The van der Waals surface area contributed by atoms with Gasteiger partial charge in [0.15, 0.2) is 0 Å². The minimum absolute atomic E-state index is 0.623. The van der Waals surface area contributed by atoms with E-state index in [1.54, 1.807) is 0 Å². The van der Waals surface area contributed by atoms with Crippen molar-refractivity contribution in [2.75, 3.05) is 12.4 Å². The third-order valence-electron chi connectivity index (χ3n) is 3.44. The normalized spacial score (nSPS) is 10.6. The highest BCUT2D eigenvalue weighted by atomic mass is 32.1. The Kier molecular flexibility index (Phi) is 3.58. The zero-order chi connectivity index (χ0) is 14.8. The van der Waals surface area contributed by atoms with Gasteiger partial charge in [-0.3, -0.25) is 0 Å². The van der Waals surface area contributed by atoms with Crippen LogP contribution >= 0.6 is 0 Å². The molecule has 3 rings (SSSR count). The SMILES string of the molecule is CNc1ncc2cc(-c3cc(N=S)ccc3C)ccc2n1. The first kappa shape index (κ1) is 13.6. The summed E-state index contributed by atoms with van der Waals surface area (Å²) < 4.78 is 3.83. The number of rotatable bonds is 3. The highest BCUT2D eigenvalue weighted by Gasteiger charge is 2.06. The molecule has 0 aliphatic heterocycles. The van der Waals surface area contributed by atoms with Crippen molar-refractivity contribution in [2.24, 2.45) is 4.36 Å². The fourth-order valence-electron chi connectivity index (χ4n) is 2.30. The lowest BCUT2D eigenvalue weighted by Crippen LogP contribution is -1.95. The summed E-state index contributed by atoms with van der Waals surface area (Å²) in [5.41, 5.74) is 5.14. The van der Waals surface area contributed by atoms with Crippen molar-refractivity contribution >= 4 is 35.0 Å². The zero-order valence-corrected chi connectivity index (χ0v) is 12.6. The van der Waals surface area contributed by atoms with Crippen molar-refractivity contribution in [2.45, 2.75) is 6.92 Å². The Morgan fingerprint density at radius 1 is 1.14 bits per heavy atom. The Morgan fingerprint density at radius 2 is 2.00 bits per heavy atom. The van der Waals surface area contributed by atoms with Crippen LogP contribution in [-0.2, 0) is 12.4 Å². The molecule has 0 radical (unpaired) electrons. The summed E-state index contributed by atoms with van der Waals surface area (Å²) in [5.74, 6) is 0.623. The Bertz CT molecular complexity index is 830. The number of aromatic nitrogens is 2. The third-order valence-corrected chi connectivity index (χ3v) is 3.65. The van der Waals surface area contributed by atoms with Crippen LogP contribution in [0.1, 0.15) is 5.56 Å². The molecule has 0 aliphatic rings. The van der Waals surface area contributed by atoms with Crippen LogP contribution in [0.25, 0.3) is 22.0 Å². The quantitative estimate of drug-likeness (QED) is 0.793. The number of benzene rings is 2. The Balaban J connectivity index is 2.15.